The van der Waals surface area contributed by atoms with E-state index in [0.29, 0.717) is 5.75 Å². The van der Waals surface area contributed by atoms with Gasteiger partial charge in [-0.2, -0.15) is 0 Å². The van der Waals surface area contributed by atoms with Gasteiger partial charge in [0, 0.05) is 11.5 Å². The Bertz CT molecular complexity index is 595. The molecule has 1 aromatic carbocycles. The van der Waals surface area contributed by atoms with Gasteiger partial charge in [0.25, 0.3) is 0 Å². The lowest BCUT2D eigenvalue weighted by molar-refractivity contribution is 0.118. The van der Waals surface area contributed by atoms with Crippen molar-refractivity contribution in [2.24, 2.45) is 10.6 Å². The first-order chi connectivity index (χ1) is 9.80. The van der Waals surface area contributed by atoms with E-state index in [-0.39, 0.29) is 18.2 Å². The molecule has 0 aliphatic heterocycles. The van der Waals surface area contributed by atoms with Crippen molar-refractivity contribution in [3.63, 3.8) is 0 Å². The molecule has 0 aromatic heterocycles. The van der Waals surface area contributed by atoms with Crippen molar-refractivity contribution >= 4 is 10.0 Å². The third kappa shape index (κ3) is 4.68. The lowest BCUT2D eigenvalue weighted by Gasteiger charge is -2.36. The fraction of sp³-hybridized carbons (Fsp3) is 0.600. The highest BCUT2D eigenvalue weighted by Gasteiger charge is 2.36. The maximum Gasteiger partial charge on any atom is 0.209 e. The topological polar surface area (TPSA) is 69.4 Å². The van der Waals surface area contributed by atoms with E-state index >= 15 is 0 Å². The highest BCUT2D eigenvalue weighted by atomic mass is 32.2. The van der Waals surface area contributed by atoms with Crippen LogP contribution in [0.25, 0.3) is 0 Å². The summed E-state index contributed by atoms with van der Waals surface area (Å²) in [5, 5.41) is 5.23. The van der Waals surface area contributed by atoms with Gasteiger partial charge >= 0.3 is 0 Å². The molecule has 0 radical (unpaired) electrons. The van der Waals surface area contributed by atoms with Gasteiger partial charge in [0.15, 0.2) is 0 Å². The molecule has 0 saturated heterocycles. The normalized spacial score (nSPS) is 18.4. The molecular weight excluding hydrogens is 293 g/mol. The van der Waals surface area contributed by atoms with Crippen LogP contribution in [0.15, 0.2) is 18.2 Å². The number of hydrogen-bond acceptors (Lipinski definition) is 3. The molecule has 6 heteroatoms. The third-order valence-electron chi connectivity index (χ3n) is 4.11. The Morgan fingerprint density at radius 1 is 1.29 bits per heavy atom. The average molecular weight is 315 g/mol. The fourth-order valence-electron chi connectivity index (χ4n) is 3.02. The van der Waals surface area contributed by atoms with E-state index in [9.17, 15) is 12.8 Å². The Kier molecular flexibility index (Phi) is 4.88. The van der Waals surface area contributed by atoms with Crippen LogP contribution in [0.2, 0.25) is 0 Å². The lowest BCUT2D eigenvalue weighted by atomic mass is 9.76. The number of aryl methyl sites for hydroxylation is 1. The molecule has 0 unspecified atom stereocenters. The van der Waals surface area contributed by atoms with Gasteiger partial charge in [-0.1, -0.05) is 25.3 Å². The van der Waals surface area contributed by atoms with Gasteiger partial charge in [-0.15, -0.1) is 0 Å². The van der Waals surface area contributed by atoms with Crippen molar-refractivity contribution in [3.05, 3.63) is 29.6 Å². The highest BCUT2D eigenvalue weighted by molar-refractivity contribution is 7.89. The van der Waals surface area contributed by atoms with E-state index in [1.54, 1.807) is 6.07 Å². The van der Waals surface area contributed by atoms with Gasteiger partial charge in [0.05, 0.1) is 12.4 Å². The minimum absolute atomic E-state index is 0.0750. The van der Waals surface area contributed by atoms with E-state index in [2.05, 4.69) is 0 Å². The molecule has 0 spiro atoms. The van der Waals surface area contributed by atoms with Crippen LogP contribution < -0.4 is 9.88 Å². The smallest absolute Gasteiger partial charge is 0.209 e. The third-order valence-corrected chi connectivity index (χ3v) is 5.12. The van der Waals surface area contributed by atoms with E-state index in [1.807, 2.05) is 6.92 Å². The van der Waals surface area contributed by atoms with Crippen LogP contribution in [0.3, 0.4) is 0 Å². The van der Waals surface area contributed by atoms with Crippen LogP contribution in [0.4, 0.5) is 4.39 Å². The van der Waals surface area contributed by atoms with Gasteiger partial charge in [-0.05, 0) is 31.4 Å². The molecule has 1 fully saturated rings. The zero-order valence-corrected chi connectivity index (χ0v) is 13.1. The molecule has 1 aliphatic carbocycles. The van der Waals surface area contributed by atoms with E-state index in [1.165, 1.54) is 12.1 Å². The second-order valence-electron chi connectivity index (χ2n) is 6.07. The number of benzene rings is 1. The highest BCUT2D eigenvalue weighted by Crippen LogP contribution is 2.38. The number of halogens is 1. The van der Waals surface area contributed by atoms with Crippen LogP contribution in [0, 0.1) is 18.2 Å². The van der Waals surface area contributed by atoms with Gasteiger partial charge < -0.3 is 4.74 Å². The number of nitrogens with two attached hydrogens (primary N) is 1. The van der Waals surface area contributed by atoms with Gasteiger partial charge in [0.1, 0.15) is 11.6 Å². The summed E-state index contributed by atoms with van der Waals surface area (Å²) >= 11 is 0. The summed E-state index contributed by atoms with van der Waals surface area (Å²) in [5.41, 5.74) is 0.378. The number of rotatable bonds is 5. The average Bonchev–Trinajstić information content (AvgIpc) is 2.39. The lowest BCUT2D eigenvalue weighted by Crippen LogP contribution is -2.40. The summed E-state index contributed by atoms with van der Waals surface area (Å²) in [6.07, 6.45) is 4.60. The molecule has 2 N–H and O–H groups in total. The van der Waals surface area contributed by atoms with Gasteiger partial charge in [-0.25, -0.2) is 17.9 Å². The van der Waals surface area contributed by atoms with Crippen molar-refractivity contribution in [2.45, 2.75) is 39.0 Å². The monoisotopic (exact) mass is 315 g/mol. The summed E-state index contributed by atoms with van der Waals surface area (Å²) < 4.78 is 42.0. The first kappa shape index (κ1) is 16.2. The summed E-state index contributed by atoms with van der Waals surface area (Å²) in [6, 6.07) is 4.36. The summed E-state index contributed by atoms with van der Waals surface area (Å²) in [6.45, 7) is 2.09. The SMILES string of the molecule is Cc1ccc(F)cc1OCC1(CS(N)(=O)=O)CCCCC1. The largest absolute Gasteiger partial charge is 0.493 e. The second kappa shape index (κ2) is 6.32. The van der Waals surface area contributed by atoms with Crippen molar-refractivity contribution < 1.29 is 17.5 Å². The molecule has 1 aliphatic rings. The fourth-order valence-corrected chi connectivity index (χ4v) is 4.24. The van der Waals surface area contributed by atoms with Crippen LogP contribution in [0.5, 0.6) is 5.75 Å². The number of sulfonamides is 1. The molecule has 0 heterocycles. The van der Waals surface area contributed by atoms with Gasteiger partial charge in [0.2, 0.25) is 10.0 Å². The van der Waals surface area contributed by atoms with Gasteiger partial charge in [-0.3, -0.25) is 0 Å². The molecule has 1 saturated carbocycles. The minimum Gasteiger partial charge on any atom is -0.493 e. The van der Waals surface area contributed by atoms with E-state index in [0.717, 1.165) is 37.7 Å². The predicted octanol–water partition coefficient (Wildman–Crippen LogP) is 2.75. The Hall–Kier alpha value is -1.14. The van der Waals surface area contributed by atoms with E-state index in [4.69, 9.17) is 9.88 Å². The maximum absolute atomic E-state index is 13.3. The molecule has 1 aromatic rings. The molecule has 2 rings (SSSR count). The van der Waals surface area contributed by atoms with Crippen LogP contribution in [-0.2, 0) is 10.0 Å². The zero-order valence-electron chi connectivity index (χ0n) is 12.3. The molecule has 118 valence electrons. The van der Waals surface area contributed by atoms with Crippen molar-refractivity contribution in [1.82, 2.24) is 0 Å². The quantitative estimate of drug-likeness (QED) is 0.908. The summed E-state index contributed by atoms with van der Waals surface area (Å²) in [4.78, 5) is 0. The predicted molar refractivity (Wildman–Crippen MR) is 80.1 cm³/mol. The number of ether oxygens (including phenoxy) is 1. The maximum atomic E-state index is 13.3. The van der Waals surface area contributed by atoms with Crippen LogP contribution in [0.1, 0.15) is 37.7 Å². The molecule has 4 nitrogen and oxygen atoms in total. The summed E-state index contributed by atoms with van der Waals surface area (Å²) in [5.74, 6) is 0.0306. The van der Waals surface area contributed by atoms with Crippen LogP contribution in [-0.4, -0.2) is 20.8 Å². The first-order valence-electron chi connectivity index (χ1n) is 7.19. The van der Waals surface area contributed by atoms with Crippen molar-refractivity contribution in [2.75, 3.05) is 12.4 Å². The molecule has 0 bridgehead atoms. The Labute approximate surface area is 125 Å². The Morgan fingerprint density at radius 3 is 2.57 bits per heavy atom. The minimum atomic E-state index is -3.56. The molecule has 0 atom stereocenters. The van der Waals surface area contributed by atoms with Crippen LogP contribution >= 0.6 is 0 Å². The Morgan fingerprint density at radius 2 is 1.95 bits per heavy atom. The number of primary sulfonamides is 1. The molecule has 21 heavy (non-hydrogen) atoms. The summed E-state index contributed by atoms with van der Waals surface area (Å²) in [7, 11) is -3.56. The number of hydrogen-bond donors (Lipinski definition) is 1. The first-order valence-corrected chi connectivity index (χ1v) is 8.91. The Balaban J connectivity index is 2.14. The molecular formula is C15H22FNO3S. The molecule has 0 amide bonds. The van der Waals surface area contributed by atoms with Crippen molar-refractivity contribution in [1.29, 1.82) is 0 Å². The zero-order chi connectivity index (χ0) is 15.5. The van der Waals surface area contributed by atoms with E-state index < -0.39 is 15.4 Å². The standard InChI is InChI=1S/C15H22FNO3S/c1-12-5-6-13(16)9-14(12)20-10-15(11-21(17,18)19)7-3-2-4-8-15/h5-6,9H,2-4,7-8,10-11H2,1H3,(H2,17,18,19). The van der Waals surface area contributed by atoms with Crippen molar-refractivity contribution in [3.8, 4) is 5.75 Å². The second-order valence-corrected chi connectivity index (χ2v) is 7.68.